The molecule has 0 fully saturated rings. The molecule has 0 saturated heterocycles. The summed E-state index contributed by atoms with van der Waals surface area (Å²) in [5.41, 5.74) is 0. The third kappa shape index (κ3) is 3250. The predicted octanol–water partition coefficient (Wildman–Crippen LogP) is 0.964. The molecule has 0 aromatic heterocycles. The van der Waals surface area contributed by atoms with Crippen LogP contribution in [-0.2, 0) is 0 Å². The molecule has 0 unspecified atom stereocenters. The van der Waals surface area contributed by atoms with E-state index in [1.165, 1.54) is 0 Å². The molecule has 68 heavy (non-hydrogen) atoms. The van der Waals surface area contributed by atoms with Crippen molar-refractivity contribution in [3.63, 3.8) is 0 Å². The fourth-order valence-corrected chi connectivity index (χ4v) is 0. The van der Waals surface area contributed by atoms with Gasteiger partial charge in [-0.05, 0) is 0 Å². The summed E-state index contributed by atoms with van der Waals surface area (Å²) in [5, 5.41) is 223. The number of carbonyl (C=O) groups is 16. The van der Waals surface area contributed by atoms with Gasteiger partial charge in [0.1, 0.15) is 0 Å². The van der Waals surface area contributed by atoms with Crippen LogP contribution in [0.2, 0.25) is 0 Å². The minimum atomic E-state index is -1.83. The second-order valence-electron chi connectivity index (χ2n) is 4.52. The van der Waals surface area contributed by atoms with Crippen molar-refractivity contribution in [1.29, 1.82) is 0 Å². The van der Waals surface area contributed by atoms with Crippen LogP contribution < -0.4 is 0 Å². The molecule has 0 aromatic carbocycles. The molecule has 0 spiro atoms. The van der Waals surface area contributed by atoms with E-state index in [-0.39, 0.29) is 118 Å². The predicted molar refractivity (Wildman–Crippen MR) is 199 cm³/mol. The van der Waals surface area contributed by atoms with E-state index in [0.29, 0.717) is 0 Å². The summed E-state index contributed by atoms with van der Waals surface area (Å²) < 4.78 is 0. The van der Waals surface area contributed by atoms with Crippen molar-refractivity contribution in [2.45, 2.75) is 0 Å². The molecule has 0 aliphatic heterocycles. The second-order valence-corrected chi connectivity index (χ2v) is 4.52. The fraction of sp³-hybridized carbons (Fsp3) is 0. The van der Waals surface area contributed by atoms with Gasteiger partial charge in [0.2, 0.25) is 0 Å². The van der Waals surface area contributed by atoms with Gasteiger partial charge in [-0.2, -0.15) is 0 Å². The molecule has 0 aliphatic rings. The Morgan fingerprint density at radius 1 is 0.103 bits per heavy atom. The molecular formula is C16H36Na4O48. The quantitative estimate of drug-likeness (QED) is 0.150. The Morgan fingerprint density at radius 2 is 0.103 bits per heavy atom. The average Bonchev–Trinajstić information content (AvgIpc) is 2.83. The van der Waals surface area contributed by atoms with E-state index in [9.17, 15) is 0 Å². The van der Waals surface area contributed by atoms with Gasteiger partial charge in [-0.1, -0.05) is 0 Å². The summed E-state index contributed by atoms with van der Waals surface area (Å²) in [6.45, 7) is 0. The van der Waals surface area contributed by atoms with Gasteiger partial charge in [0, 0.05) is 0 Å². The van der Waals surface area contributed by atoms with Crippen LogP contribution in [-0.4, -0.2) is 380 Å². The van der Waals surface area contributed by atoms with Crippen LogP contribution >= 0.6 is 0 Å². The van der Waals surface area contributed by atoms with Gasteiger partial charge < -0.3 is 163 Å². The van der Waals surface area contributed by atoms with Crippen LogP contribution in [0.15, 0.2) is 0 Å². The molecule has 52 heteroatoms. The molecule has 0 saturated carbocycles. The van der Waals surface area contributed by atoms with Crippen molar-refractivity contribution in [3.05, 3.63) is 0 Å². The van der Waals surface area contributed by atoms with Crippen LogP contribution in [0.25, 0.3) is 0 Å². The Morgan fingerprint density at radius 3 is 0.103 bits per heavy atom. The number of hydrogen-bond donors (Lipinski definition) is 32. The molecule has 32 N–H and O–H groups in total. The summed E-state index contributed by atoms with van der Waals surface area (Å²) >= 11 is 0. The summed E-state index contributed by atoms with van der Waals surface area (Å²) in [4.78, 5) is 137. The Labute approximate surface area is 453 Å². The maximum atomic E-state index is 8.56. The third-order valence-corrected chi connectivity index (χ3v) is 0. The third-order valence-electron chi connectivity index (χ3n) is 0. The first-order valence-electron chi connectivity index (χ1n) is 10.4. The van der Waals surface area contributed by atoms with Crippen LogP contribution in [0, 0.1) is 0 Å². The molecule has 0 aliphatic carbocycles. The topological polar surface area (TPSA) is 920 Å². The minimum absolute atomic E-state index is 0. The van der Waals surface area contributed by atoms with E-state index >= 15 is 0 Å². The fourth-order valence-electron chi connectivity index (χ4n) is 0. The van der Waals surface area contributed by atoms with Gasteiger partial charge >= 0.3 is 217 Å². The van der Waals surface area contributed by atoms with Gasteiger partial charge in [-0.3, -0.25) is 0 Å². The van der Waals surface area contributed by atoms with E-state index in [1.807, 2.05) is 0 Å². The summed E-state index contributed by atoms with van der Waals surface area (Å²) in [5.74, 6) is 0. The SMILES string of the molecule is O=C(O)O.O=C(O)O.O=C(O)O.O=C(O)O.O=C(O)O.O=C(O)O.O=C(O)O.O=C(O)O.O=C(O)O.O=C(O)O.O=C(O)O.O=C(O)O.O=C(O)O.O=C(O)O.O=C(O)O.O=C(O)O.[NaH].[NaH].[NaH].[NaH]. The zero-order chi connectivity index (χ0) is 57.2. The molecule has 392 valence electrons. The molecule has 0 rings (SSSR count). The van der Waals surface area contributed by atoms with Crippen LogP contribution in [0.4, 0.5) is 76.7 Å². The van der Waals surface area contributed by atoms with Crippen molar-refractivity contribution in [2.75, 3.05) is 0 Å². The summed E-state index contributed by atoms with van der Waals surface area (Å²) in [7, 11) is 0. The average molecular weight is 1090 g/mol. The van der Waals surface area contributed by atoms with Gasteiger partial charge in [0.25, 0.3) is 0 Å². The van der Waals surface area contributed by atoms with Gasteiger partial charge in [0.05, 0.1) is 0 Å². The standard InChI is InChI=1S/16CH2O3.4Na.4H/c16*2-1(3)4;;;;;;;;/h16*(H2,2,3,4);;;;;;;;. The van der Waals surface area contributed by atoms with E-state index in [1.54, 1.807) is 0 Å². The Balaban J connectivity index is -0.0000000200. The Bertz CT molecular complexity index is 826. The van der Waals surface area contributed by atoms with Crippen molar-refractivity contribution in [3.8, 4) is 0 Å². The zero-order valence-electron chi connectivity index (χ0n) is 28.8. The van der Waals surface area contributed by atoms with Crippen LogP contribution in [0.1, 0.15) is 0 Å². The first-order valence-corrected chi connectivity index (χ1v) is 10.4. The van der Waals surface area contributed by atoms with E-state index in [0.717, 1.165) is 0 Å². The molecule has 0 atom stereocenters. The van der Waals surface area contributed by atoms with Gasteiger partial charge in [0.15, 0.2) is 0 Å². The molecular weight excluding hydrogens is 1050 g/mol. The summed E-state index contributed by atoms with van der Waals surface area (Å²) in [6.07, 6.45) is -29.3. The van der Waals surface area contributed by atoms with Gasteiger partial charge in [-0.25, -0.2) is 76.7 Å². The second kappa shape index (κ2) is 124. The monoisotopic (exact) mass is 1090 g/mol. The molecule has 0 bridgehead atoms. The van der Waals surface area contributed by atoms with Crippen molar-refractivity contribution >= 4 is 217 Å². The summed E-state index contributed by atoms with van der Waals surface area (Å²) in [6, 6.07) is 0. The van der Waals surface area contributed by atoms with E-state index < -0.39 is 98.5 Å². The Hall–Kier alpha value is -7.68. The number of hydrogen-bond acceptors (Lipinski definition) is 16. The Kier molecular flexibility index (Phi) is 238. The molecule has 0 heterocycles. The van der Waals surface area contributed by atoms with Crippen LogP contribution in [0.5, 0.6) is 0 Å². The van der Waals surface area contributed by atoms with Crippen molar-refractivity contribution in [1.82, 2.24) is 0 Å². The maximum absolute atomic E-state index is 8.56. The first-order chi connectivity index (χ1) is 27.7. The first kappa shape index (κ1) is 131. The zero-order valence-corrected chi connectivity index (χ0v) is 28.8. The van der Waals surface area contributed by atoms with Crippen molar-refractivity contribution < 1.29 is 240 Å². The molecule has 48 nitrogen and oxygen atoms in total. The normalized spacial score (nSPS) is 5.65. The molecule has 0 radical (unpaired) electrons. The molecule has 0 aromatic rings. The number of carboxylic acid groups (broad SMARTS) is 32. The van der Waals surface area contributed by atoms with E-state index in [4.69, 9.17) is 240 Å². The van der Waals surface area contributed by atoms with Gasteiger partial charge in [-0.15, -0.1) is 0 Å². The number of rotatable bonds is 0. The molecule has 0 amide bonds. The van der Waals surface area contributed by atoms with E-state index in [2.05, 4.69) is 0 Å². The van der Waals surface area contributed by atoms with Crippen LogP contribution in [0.3, 0.4) is 0 Å². The van der Waals surface area contributed by atoms with Crippen molar-refractivity contribution in [2.24, 2.45) is 0 Å².